The Morgan fingerprint density at radius 1 is 1.48 bits per heavy atom. The summed E-state index contributed by atoms with van der Waals surface area (Å²) in [5.74, 6) is 0.205. The van der Waals surface area contributed by atoms with Crippen molar-refractivity contribution in [3.05, 3.63) is 27.4 Å². The maximum Gasteiger partial charge on any atom is 0.224 e. The third kappa shape index (κ3) is 3.73. The normalized spacial score (nSPS) is 17.2. The molecule has 1 atom stereocenters. The smallest absolute Gasteiger partial charge is 0.224 e. The minimum Gasteiger partial charge on any atom is -0.478 e. The standard InChI is InChI=1S/C19H21Cl2N3O3/c1-19(2,26)8-10-9-23-14(25)6-11-15-13(27-5-4-22)7-12(20)16(21)18(15)24(3)17(10)11/h7,10,26H,5-6,8-9H2,1-3H3,(H,23,25). The van der Waals surface area contributed by atoms with Crippen molar-refractivity contribution in [1.82, 2.24) is 9.88 Å². The summed E-state index contributed by atoms with van der Waals surface area (Å²) in [4.78, 5) is 12.4. The molecule has 8 heteroatoms. The summed E-state index contributed by atoms with van der Waals surface area (Å²) in [7, 11) is 1.87. The fraction of sp³-hybridized carbons (Fsp3) is 0.474. The van der Waals surface area contributed by atoms with E-state index in [0.717, 1.165) is 11.3 Å². The third-order valence-electron chi connectivity index (χ3n) is 4.77. The first-order valence-electron chi connectivity index (χ1n) is 8.62. The molecule has 2 N–H and O–H groups in total. The van der Waals surface area contributed by atoms with E-state index >= 15 is 0 Å². The number of nitrogens with one attached hydrogen (secondary N) is 1. The number of aliphatic hydroxyl groups is 1. The molecule has 2 heterocycles. The van der Waals surface area contributed by atoms with Crippen LogP contribution in [0.1, 0.15) is 37.4 Å². The molecular formula is C19H21Cl2N3O3. The van der Waals surface area contributed by atoms with Gasteiger partial charge in [-0.2, -0.15) is 5.26 Å². The van der Waals surface area contributed by atoms with Gasteiger partial charge in [0, 0.05) is 36.7 Å². The van der Waals surface area contributed by atoms with Crippen LogP contribution in [-0.4, -0.2) is 34.3 Å². The maximum absolute atomic E-state index is 12.4. The molecule has 0 bridgehead atoms. The van der Waals surface area contributed by atoms with Crippen molar-refractivity contribution in [3.8, 4) is 11.8 Å². The maximum atomic E-state index is 12.4. The molecule has 0 saturated heterocycles. The highest BCUT2D eigenvalue weighted by molar-refractivity contribution is 6.45. The zero-order chi connectivity index (χ0) is 19.9. The molecule has 144 valence electrons. The molecule has 1 amide bonds. The summed E-state index contributed by atoms with van der Waals surface area (Å²) in [5.41, 5.74) is 1.46. The van der Waals surface area contributed by atoms with Gasteiger partial charge >= 0.3 is 0 Å². The number of fused-ring (bicyclic) bond motifs is 3. The topological polar surface area (TPSA) is 87.3 Å². The van der Waals surface area contributed by atoms with Crippen molar-refractivity contribution >= 4 is 40.0 Å². The minimum atomic E-state index is -0.908. The van der Waals surface area contributed by atoms with Crippen LogP contribution in [0.2, 0.25) is 10.0 Å². The van der Waals surface area contributed by atoms with Crippen molar-refractivity contribution in [2.75, 3.05) is 13.2 Å². The number of aryl methyl sites for hydroxylation is 1. The van der Waals surface area contributed by atoms with Crippen LogP contribution in [-0.2, 0) is 18.3 Å². The number of rotatable bonds is 4. The molecule has 1 aliphatic heterocycles. The average Bonchev–Trinajstić information content (AvgIpc) is 2.75. The molecule has 6 nitrogen and oxygen atoms in total. The summed E-state index contributed by atoms with van der Waals surface area (Å²) < 4.78 is 7.52. The van der Waals surface area contributed by atoms with Gasteiger partial charge in [0.1, 0.15) is 11.8 Å². The molecule has 1 unspecified atom stereocenters. The SMILES string of the molecule is Cn1c2c(c3c(OCC#N)cc(Cl)c(Cl)c31)CC(=O)NCC2CC(C)(C)O. The number of nitrogens with zero attached hydrogens (tertiary/aromatic N) is 2. The van der Waals surface area contributed by atoms with E-state index in [0.29, 0.717) is 39.7 Å². The fourth-order valence-electron chi connectivity index (χ4n) is 3.90. The number of aromatic nitrogens is 1. The summed E-state index contributed by atoms with van der Waals surface area (Å²) in [6.07, 6.45) is 0.625. The second-order valence-corrected chi connectivity index (χ2v) is 8.24. The second-order valence-electron chi connectivity index (χ2n) is 7.46. The minimum absolute atomic E-state index is 0.109. The monoisotopic (exact) mass is 409 g/mol. The van der Waals surface area contributed by atoms with Gasteiger partial charge < -0.3 is 19.7 Å². The molecule has 27 heavy (non-hydrogen) atoms. The zero-order valence-corrected chi connectivity index (χ0v) is 16.9. The molecule has 0 radical (unpaired) electrons. The summed E-state index contributed by atoms with van der Waals surface area (Å²) in [6.45, 7) is 3.76. The molecule has 3 rings (SSSR count). The number of carbonyl (C=O) groups excluding carboxylic acids is 1. The van der Waals surface area contributed by atoms with E-state index in [1.54, 1.807) is 19.9 Å². The Labute approximate surface area is 167 Å². The number of halogens is 2. The molecular weight excluding hydrogens is 389 g/mol. The van der Waals surface area contributed by atoms with E-state index in [9.17, 15) is 9.90 Å². The summed E-state index contributed by atoms with van der Waals surface area (Å²) >= 11 is 12.8. The average molecular weight is 410 g/mol. The largest absolute Gasteiger partial charge is 0.478 e. The van der Waals surface area contributed by atoms with E-state index in [1.807, 2.05) is 17.7 Å². The Morgan fingerprint density at radius 3 is 2.81 bits per heavy atom. The van der Waals surface area contributed by atoms with Gasteiger partial charge in [0.25, 0.3) is 0 Å². The second kappa shape index (κ2) is 7.23. The Bertz CT molecular complexity index is 954. The molecule has 0 aliphatic carbocycles. The molecule has 1 aromatic carbocycles. The van der Waals surface area contributed by atoms with Crippen LogP contribution in [0.4, 0.5) is 0 Å². The van der Waals surface area contributed by atoms with Crippen LogP contribution >= 0.6 is 23.2 Å². The van der Waals surface area contributed by atoms with Crippen molar-refractivity contribution in [3.63, 3.8) is 0 Å². The molecule has 1 aromatic heterocycles. The highest BCUT2D eigenvalue weighted by Gasteiger charge is 2.33. The molecule has 1 aliphatic rings. The van der Waals surface area contributed by atoms with Gasteiger partial charge in [0.05, 0.1) is 27.6 Å². The van der Waals surface area contributed by atoms with Crippen molar-refractivity contribution in [2.24, 2.45) is 7.05 Å². The first-order valence-corrected chi connectivity index (χ1v) is 9.37. The first-order chi connectivity index (χ1) is 12.6. The van der Waals surface area contributed by atoms with Crippen molar-refractivity contribution in [1.29, 1.82) is 5.26 Å². The van der Waals surface area contributed by atoms with Crippen LogP contribution in [0.3, 0.4) is 0 Å². The molecule has 0 saturated carbocycles. The van der Waals surface area contributed by atoms with Gasteiger partial charge in [0.15, 0.2) is 6.61 Å². The Kier molecular flexibility index (Phi) is 5.31. The quantitative estimate of drug-likeness (QED) is 0.810. The van der Waals surface area contributed by atoms with Gasteiger partial charge in [-0.05, 0) is 25.8 Å². The lowest BCUT2D eigenvalue weighted by Gasteiger charge is -2.25. The van der Waals surface area contributed by atoms with Gasteiger partial charge in [0.2, 0.25) is 5.91 Å². The lowest BCUT2D eigenvalue weighted by atomic mass is 9.89. The van der Waals surface area contributed by atoms with E-state index in [-0.39, 0.29) is 24.9 Å². The molecule has 2 aromatic rings. The lowest BCUT2D eigenvalue weighted by molar-refractivity contribution is -0.120. The zero-order valence-electron chi connectivity index (χ0n) is 15.4. The van der Waals surface area contributed by atoms with Crippen molar-refractivity contribution in [2.45, 2.75) is 38.2 Å². The number of hydrogen-bond acceptors (Lipinski definition) is 4. The third-order valence-corrected chi connectivity index (χ3v) is 5.55. The number of hydrogen-bond donors (Lipinski definition) is 2. The Balaban J connectivity index is 2.32. The van der Waals surface area contributed by atoms with Gasteiger partial charge in [-0.3, -0.25) is 4.79 Å². The van der Waals surface area contributed by atoms with Gasteiger partial charge in [-0.1, -0.05) is 23.2 Å². The van der Waals surface area contributed by atoms with Crippen LogP contribution in [0.15, 0.2) is 6.07 Å². The van der Waals surface area contributed by atoms with Crippen LogP contribution in [0, 0.1) is 11.3 Å². The first kappa shape index (κ1) is 19.8. The van der Waals surface area contributed by atoms with Crippen LogP contribution < -0.4 is 10.1 Å². The predicted molar refractivity (Wildman–Crippen MR) is 104 cm³/mol. The number of carbonyl (C=O) groups is 1. The highest BCUT2D eigenvalue weighted by atomic mass is 35.5. The Hall–Kier alpha value is -1.94. The van der Waals surface area contributed by atoms with Crippen LogP contribution in [0.25, 0.3) is 10.9 Å². The van der Waals surface area contributed by atoms with Crippen molar-refractivity contribution < 1.29 is 14.6 Å². The van der Waals surface area contributed by atoms with E-state index in [4.69, 9.17) is 33.2 Å². The Morgan fingerprint density at radius 2 is 2.19 bits per heavy atom. The van der Waals surface area contributed by atoms with Crippen LogP contribution in [0.5, 0.6) is 5.75 Å². The molecule has 0 fully saturated rings. The predicted octanol–water partition coefficient (Wildman–Crippen LogP) is 3.30. The van der Waals surface area contributed by atoms with E-state index in [1.165, 1.54) is 0 Å². The van der Waals surface area contributed by atoms with Gasteiger partial charge in [-0.25, -0.2) is 0 Å². The highest BCUT2D eigenvalue weighted by Crippen LogP contribution is 2.45. The fourth-order valence-corrected chi connectivity index (χ4v) is 4.36. The van der Waals surface area contributed by atoms with E-state index < -0.39 is 5.60 Å². The lowest BCUT2D eigenvalue weighted by Crippen LogP contribution is -2.31. The molecule has 0 spiro atoms. The van der Waals surface area contributed by atoms with E-state index in [2.05, 4.69) is 5.32 Å². The number of nitriles is 1. The summed E-state index contributed by atoms with van der Waals surface area (Å²) in [5, 5.41) is 23.5. The van der Waals surface area contributed by atoms with Gasteiger partial charge in [-0.15, -0.1) is 0 Å². The number of amides is 1. The summed E-state index contributed by atoms with van der Waals surface area (Å²) in [6, 6.07) is 3.53. The number of ether oxygens (including phenoxy) is 1. The number of benzene rings is 1.